The van der Waals surface area contributed by atoms with Gasteiger partial charge in [0.25, 0.3) is 5.91 Å². The van der Waals surface area contributed by atoms with E-state index >= 15 is 0 Å². The third-order valence-corrected chi connectivity index (χ3v) is 4.89. The SMILES string of the molecule is NC1=NC(c2ccccc2)(c2ccccc2)C(=O)N1C/C=C/c1ccccc1. The van der Waals surface area contributed by atoms with Crippen LogP contribution in [0.5, 0.6) is 0 Å². The monoisotopic (exact) mass is 367 g/mol. The zero-order valence-corrected chi connectivity index (χ0v) is 15.4. The van der Waals surface area contributed by atoms with Gasteiger partial charge in [0.1, 0.15) is 0 Å². The fourth-order valence-corrected chi connectivity index (χ4v) is 3.52. The van der Waals surface area contributed by atoms with Crippen molar-refractivity contribution in [3.63, 3.8) is 0 Å². The van der Waals surface area contributed by atoms with Crippen LogP contribution in [0.1, 0.15) is 16.7 Å². The summed E-state index contributed by atoms with van der Waals surface area (Å²) in [5, 5.41) is 0. The van der Waals surface area contributed by atoms with Gasteiger partial charge in [-0.05, 0) is 16.7 Å². The summed E-state index contributed by atoms with van der Waals surface area (Å²) in [6.45, 7) is 0.366. The lowest BCUT2D eigenvalue weighted by Gasteiger charge is -2.26. The summed E-state index contributed by atoms with van der Waals surface area (Å²) in [7, 11) is 0. The molecule has 0 radical (unpaired) electrons. The van der Waals surface area contributed by atoms with E-state index in [1.165, 1.54) is 0 Å². The third kappa shape index (κ3) is 3.09. The molecule has 1 aliphatic heterocycles. The van der Waals surface area contributed by atoms with Crippen molar-refractivity contribution in [2.75, 3.05) is 6.54 Å². The van der Waals surface area contributed by atoms with E-state index in [2.05, 4.69) is 4.99 Å². The number of rotatable bonds is 5. The number of nitrogens with two attached hydrogens (primary N) is 1. The fourth-order valence-electron chi connectivity index (χ4n) is 3.52. The second-order valence-electron chi connectivity index (χ2n) is 6.64. The Morgan fingerprint density at radius 1 is 0.821 bits per heavy atom. The van der Waals surface area contributed by atoms with Gasteiger partial charge in [0, 0.05) is 6.54 Å². The molecule has 0 saturated carbocycles. The van der Waals surface area contributed by atoms with Crippen molar-refractivity contribution in [2.45, 2.75) is 5.54 Å². The normalized spacial score (nSPS) is 15.8. The van der Waals surface area contributed by atoms with Gasteiger partial charge in [0.2, 0.25) is 0 Å². The van der Waals surface area contributed by atoms with Crippen LogP contribution in [0.15, 0.2) is 102 Å². The molecule has 4 heteroatoms. The maximum absolute atomic E-state index is 13.6. The molecule has 4 rings (SSSR count). The highest BCUT2D eigenvalue weighted by molar-refractivity contribution is 6.09. The van der Waals surface area contributed by atoms with E-state index in [4.69, 9.17) is 5.73 Å². The quantitative estimate of drug-likeness (QED) is 0.746. The Balaban J connectivity index is 1.70. The highest BCUT2D eigenvalue weighted by atomic mass is 16.2. The zero-order valence-electron chi connectivity index (χ0n) is 15.4. The average molecular weight is 367 g/mol. The summed E-state index contributed by atoms with van der Waals surface area (Å²) in [5.74, 6) is 0.0931. The maximum atomic E-state index is 13.6. The molecular formula is C24H21N3O. The van der Waals surface area contributed by atoms with Crippen LogP contribution in [0.3, 0.4) is 0 Å². The molecule has 0 aliphatic carbocycles. The number of carbonyl (C=O) groups excluding carboxylic acids is 1. The number of carbonyl (C=O) groups is 1. The minimum Gasteiger partial charge on any atom is -0.369 e. The maximum Gasteiger partial charge on any atom is 0.266 e. The van der Waals surface area contributed by atoms with E-state index in [1.807, 2.05) is 103 Å². The van der Waals surface area contributed by atoms with E-state index in [0.29, 0.717) is 6.54 Å². The molecule has 0 fully saturated rings. The molecule has 0 bridgehead atoms. The molecule has 1 heterocycles. The lowest BCUT2D eigenvalue weighted by molar-refractivity contribution is -0.129. The van der Waals surface area contributed by atoms with Crippen LogP contribution in [0.25, 0.3) is 6.08 Å². The van der Waals surface area contributed by atoms with Gasteiger partial charge in [0.15, 0.2) is 11.5 Å². The second kappa shape index (κ2) is 7.53. The van der Waals surface area contributed by atoms with E-state index in [-0.39, 0.29) is 11.9 Å². The Morgan fingerprint density at radius 2 is 1.32 bits per heavy atom. The number of nitrogens with zero attached hydrogens (tertiary/aromatic N) is 2. The zero-order chi connectivity index (χ0) is 19.4. The fraction of sp³-hybridized carbons (Fsp3) is 0.0833. The van der Waals surface area contributed by atoms with Gasteiger partial charge in [-0.2, -0.15) is 0 Å². The lowest BCUT2D eigenvalue weighted by atomic mass is 9.83. The van der Waals surface area contributed by atoms with Gasteiger partial charge < -0.3 is 5.73 Å². The Hall–Kier alpha value is -3.66. The summed E-state index contributed by atoms with van der Waals surface area (Å²) < 4.78 is 0. The van der Waals surface area contributed by atoms with E-state index in [1.54, 1.807) is 4.90 Å². The second-order valence-corrected chi connectivity index (χ2v) is 6.64. The van der Waals surface area contributed by atoms with Crippen molar-refractivity contribution in [2.24, 2.45) is 10.7 Å². The molecule has 1 amide bonds. The molecule has 0 spiro atoms. The smallest absolute Gasteiger partial charge is 0.266 e. The molecule has 0 saturated heterocycles. The molecule has 1 aliphatic rings. The van der Waals surface area contributed by atoms with Crippen molar-refractivity contribution in [1.29, 1.82) is 0 Å². The van der Waals surface area contributed by atoms with Crippen molar-refractivity contribution < 1.29 is 4.79 Å². The molecule has 28 heavy (non-hydrogen) atoms. The summed E-state index contributed by atoms with van der Waals surface area (Å²) >= 11 is 0. The lowest BCUT2D eigenvalue weighted by Crippen LogP contribution is -2.43. The largest absolute Gasteiger partial charge is 0.369 e. The standard InChI is InChI=1S/C24H21N3O/c25-23-26-24(20-14-6-2-7-15-20,21-16-8-3-9-17-21)22(28)27(23)18-10-13-19-11-4-1-5-12-19/h1-17H,18H2,(H2,25,26)/b13-10+. The summed E-state index contributed by atoms with van der Waals surface area (Å²) in [5.41, 5.74) is 7.76. The molecule has 3 aromatic carbocycles. The number of guanidine groups is 1. The van der Waals surface area contributed by atoms with Gasteiger partial charge in [-0.15, -0.1) is 0 Å². The first-order chi connectivity index (χ1) is 13.7. The first kappa shape index (κ1) is 17.7. The van der Waals surface area contributed by atoms with Crippen LogP contribution in [0.2, 0.25) is 0 Å². The van der Waals surface area contributed by atoms with E-state index < -0.39 is 5.54 Å². The van der Waals surface area contributed by atoms with Crippen molar-refractivity contribution in [1.82, 2.24) is 4.90 Å². The number of amides is 1. The van der Waals surface area contributed by atoms with Crippen LogP contribution < -0.4 is 5.73 Å². The predicted molar refractivity (Wildman–Crippen MR) is 112 cm³/mol. The molecule has 138 valence electrons. The van der Waals surface area contributed by atoms with Crippen molar-refractivity contribution in [3.05, 3.63) is 114 Å². The molecule has 0 aromatic heterocycles. The van der Waals surface area contributed by atoms with E-state index in [9.17, 15) is 4.79 Å². The Kier molecular flexibility index (Phi) is 4.77. The molecule has 0 unspecified atom stereocenters. The number of aliphatic imine (C=N–C) groups is 1. The van der Waals surface area contributed by atoms with Gasteiger partial charge in [-0.25, -0.2) is 4.99 Å². The summed E-state index contributed by atoms with van der Waals surface area (Å²) in [6, 6.07) is 29.1. The highest BCUT2D eigenvalue weighted by Crippen LogP contribution is 2.39. The van der Waals surface area contributed by atoms with Crippen LogP contribution in [-0.2, 0) is 10.3 Å². The predicted octanol–water partition coefficient (Wildman–Crippen LogP) is 3.80. The first-order valence-electron chi connectivity index (χ1n) is 9.22. The number of hydrogen-bond acceptors (Lipinski definition) is 3. The van der Waals surface area contributed by atoms with Gasteiger partial charge >= 0.3 is 0 Å². The van der Waals surface area contributed by atoms with Gasteiger partial charge in [-0.3, -0.25) is 9.69 Å². The number of hydrogen-bond donors (Lipinski definition) is 1. The average Bonchev–Trinajstić information content (AvgIpc) is 3.01. The van der Waals surface area contributed by atoms with Gasteiger partial charge in [0.05, 0.1) is 0 Å². The highest BCUT2D eigenvalue weighted by Gasteiger charge is 2.50. The van der Waals surface area contributed by atoms with Crippen LogP contribution in [0.4, 0.5) is 0 Å². The minimum atomic E-state index is -1.15. The van der Waals surface area contributed by atoms with E-state index in [0.717, 1.165) is 16.7 Å². The number of benzene rings is 3. The van der Waals surface area contributed by atoms with Crippen LogP contribution >= 0.6 is 0 Å². The first-order valence-corrected chi connectivity index (χ1v) is 9.22. The summed E-state index contributed by atoms with van der Waals surface area (Å²) in [6.07, 6.45) is 3.91. The van der Waals surface area contributed by atoms with Crippen LogP contribution in [0, 0.1) is 0 Å². The Labute approximate surface area is 164 Å². The van der Waals surface area contributed by atoms with Crippen molar-refractivity contribution in [3.8, 4) is 0 Å². The molecule has 0 atom stereocenters. The minimum absolute atomic E-state index is 0.139. The Morgan fingerprint density at radius 3 is 1.86 bits per heavy atom. The van der Waals surface area contributed by atoms with Crippen molar-refractivity contribution >= 4 is 17.9 Å². The van der Waals surface area contributed by atoms with Crippen LogP contribution in [-0.4, -0.2) is 23.3 Å². The van der Waals surface area contributed by atoms with Gasteiger partial charge in [-0.1, -0.05) is 103 Å². The molecular weight excluding hydrogens is 346 g/mol. The Bertz CT molecular complexity index is 972. The summed E-state index contributed by atoms with van der Waals surface area (Å²) in [4.78, 5) is 19.8. The molecule has 4 nitrogen and oxygen atoms in total. The molecule has 3 aromatic rings. The third-order valence-electron chi connectivity index (χ3n) is 4.89. The molecule has 2 N–H and O–H groups in total. The topological polar surface area (TPSA) is 58.7 Å².